The van der Waals surface area contributed by atoms with E-state index in [4.69, 9.17) is 4.74 Å². The van der Waals surface area contributed by atoms with Gasteiger partial charge in [-0.25, -0.2) is 4.79 Å². The number of benzene rings is 1. The van der Waals surface area contributed by atoms with E-state index in [1.54, 1.807) is 63.0 Å². The number of nitro benzene ring substituents is 1. The Morgan fingerprint density at radius 3 is 2.31 bits per heavy atom. The lowest BCUT2D eigenvalue weighted by Crippen LogP contribution is -2.50. The summed E-state index contributed by atoms with van der Waals surface area (Å²) in [7, 11) is 3.57. The summed E-state index contributed by atoms with van der Waals surface area (Å²) in [5, 5.41) is 11.6. The van der Waals surface area contributed by atoms with Crippen molar-refractivity contribution < 1.29 is 19.2 Å². The molecule has 2 rings (SSSR count). The minimum absolute atomic E-state index is 0.125. The fourth-order valence-corrected chi connectivity index (χ4v) is 2.86. The van der Waals surface area contributed by atoms with Crippen molar-refractivity contribution in [2.24, 2.45) is 0 Å². The van der Waals surface area contributed by atoms with Crippen LogP contribution in [0.4, 0.5) is 16.2 Å². The molecule has 0 atom stereocenters. The van der Waals surface area contributed by atoms with Gasteiger partial charge in [0.1, 0.15) is 11.3 Å². The van der Waals surface area contributed by atoms with Gasteiger partial charge in [-0.15, -0.1) is 0 Å². The Bertz CT molecular complexity index is 806. The molecule has 1 aromatic rings. The van der Waals surface area contributed by atoms with Crippen LogP contribution in [0.15, 0.2) is 30.5 Å². The van der Waals surface area contributed by atoms with Gasteiger partial charge in [0.2, 0.25) is 0 Å². The first-order valence-electron chi connectivity index (χ1n) is 9.38. The smallest absolute Gasteiger partial charge is 0.410 e. The maximum atomic E-state index is 12.2. The number of piperazine rings is 1. The number of hydrogen-bond donors (Lipinski definition) is 0. The maximum absolute atomic E-state index is 12.2. The lowest BCUT2D eigenvalue weighted by Gasteiger charge is -2.36. The average molecular weight is 404 g/mol. The summed E-state index contributed by atoms with van der Waals surface area (Å²) in [4.78, 5) is 40.7. The van der Waals surface area contributed by atoms with Gasteiger partial charge in [0.05, 0.1) is 4.92 Å². The first-order valence-corrected chi connectivity index (χ1v) is 9.38. The second-order valence-corrected chi connectivity index (χ2v) is 8.06. The topological polar surface area (TPSA) is 96.2 Å². The molecule has 158 valence electrons. The summed E-state index contributed by atoms with van der Waals surface area (Å²) >= 11 is 0. The van der Waals surface area contributed by atoms with E-state index in [-0.39, 0.29) is 23.1 Å². The molecule has 0 aromatic heterocycles. The van der Waals surface area contributed by atoms with Gasteiger partial charge in [-0.1, -0.05) is 0 Å². The van der Waals surface area contributed by atoms with Crippen LogP contribution in [0.5, 0.6) is 0 Å². The standard InChI is InChI=1S/C20H28N4O5/c1-20(2,3)29-19(26)23-12-10-22(11-13-23)16-7-6-15(14-17(16)24(27)28)18(25)8-9-21(4)5/h6-9,14H,10-13H2,1-5H3/b9-8+. The number of nitro groups is 1. The van der Waals surface area contributed by atoms with Gasteiger partial charge < -0.3 is 19.4 Å². The fraction of sp³-hybridized carbons (Fsp3) is 0.500. The summed E-state index contributed by atoms with van der Waals surface area (Å²) in [6, 6.07) is 4.49. The Kier molecular flexibility index (Phi) is 6.84. The lowest BCUT2D eigenvalue weighted by atomic mass is 10.1. The first-order chi connectivity index (χ1) is 13.5. The van der Waals surface area contributed by atoms with Crippen molar-refractivity contribution in [2.45, 2.75) is 26.4 Å². The second-order valence-electron chi connectivity index (χ2n) is 8.06. The highest BCUT2D eigenvalue weighted by atomic mass is 16.6. The fourth-order valence-electron chi connectivity index (χ4n) is 2.86. The SMILES string of the molecule is CN(C)/C=C/C(=O)c1ccc(N2CCN(C(=O)OC(C)(C)C)CC2)c([N+](=O)[O-])c1. The lowest BCUT2D eigenvalue weighted by molar-refractivity contribution is -0.384. The highest BCUT2D eigenvalue weighted by molar-refractivity contribution is 6.05. The number of ether oxygens (including phenoxy) is 1. The first kappa shape index (κ1) is 22.2. The molecule has 0 aliphatic carbocycles. The number of rotatable bonds is 5. The van der Waals surface area contributed by atoms with E-state index in [1.165, 1.54) is 12.1 Å². The zero-order valence-corrected chi connectivity index (χ0v) is 17.5. The van der Waals surface area contributed by atoms with E-state index in [0.717, 1.165) is 0 Å². The van der Waals surface area contributed by atoms with E-state index in [1.807, 2.05) is 4.90 Å². The van der Waals surface area contributed by atoms with Gasteiger partial charge in [-0.05, 0) is 32.9 Å². The summed E-state index contributed by atoms with van der Waals surface area (Å²) in [6.07, 6.45) is 2.58. The maximum Gasteiger partial charge on any atom is 0.410 e. The van der Waals surface area contributed by atoms with Crippen molar-refractivity contribution in [3.8, 4) is 0 Å². The van der Waals surface area contributed by atoms with Crippen LogP contribution < -0.4 is 4.90 Å². The monoisotopic (exact) mass is 404 g/mol. The van der Waals surface area contributed by atoms with Crippen LogP contribution in [-0.4, -0.2) is 72.5 Å². The number of ketones is 1. The van der Waals surface area contributed by atoms with E-state index >= 15 is 0 Å². The average Bonchev–Trinajstić information content (AvgIpc) is 2.64. The molecule has 1 aromatic carbocycles. The van der Waals surface area contributed by atoms with Crippen LogP contribution in [0.1, 0.15) is 31.1 Å². The van der Waals surface area contributed by atoms with Gasteiger partial charge in [0, 0.05) is 64.2 Å². The zero-order chi connectivity index (χ0) is 21.8. The molecular formula is C20H28N4O5. The van der Waals surface area contributed by atoms with Crippen LogP contribution in [0.3, 0.4) is 0 Å². The molecule has 9 nitrogen and oxygen atoms in total. The summed E-state index contributed by atoms with van der Waals surface area (Å²) in [6.45, 7) is 7.10. The molecule has 1 fully saturated rings. The van der Waals surface area contributed by atoms with E-state index < -0.39 is 10.5 Å². The Balaban J connectivity index is 2.14. The predicted octanol–water partition coefficient (Wildman–Crippen LogP) is 2.91. The molecule has 0 unspecified atom stereocenters. The van der Waals surface area contributed by atoms with Crippen molar-refractivity contribution in [2.75, 3.05) is 45.2 Å². The molecule has 0 bridgehead atoms. The van der Waals surface area contributed by atoms with Crippen molar-refractivity contribution in [3.63, 3.8) is 0 Å². The molecule has 0 spiro atoms. The van der Waals surface area contributed by atoms with Gasteiger partial charge in [0.25, 0.3) is 5.69 Å². The molecule has 1 amide bonds. The second kappa shape index (κ2) is 8.93. The summed E-state index contributed by atoms with van der Waals surface area (Å²) < 4.78 is 5.37. The van der Waals surface area contributed by atoms with Crippen LogP contribution in [0.25, 0.3) is 0 Å². The van der Waals surface area contributed by atoms with E-state index in [9.17, 15) is 19.7 Å². The number of allylic oxidation sites excluding steroid dienone is 1. The zero-order valence-electron chi connectivity index (χ0n) is 17.5. The minimum atomic E-state index is -0.573. The highest BCUT2D eigenvalue weighted by Gasteiger charge is 2.29. The van der Waals surface area contributed by atoms with Crippen molar-refractivity contribution >= 4 is 23.3 Å². The molecule has 0 radical (unpaired) electrons. The minimum Gasteiger partial charge on any atom is -0.444 e. The van der Waals surface area contributed by atoms with Crippen LogP contribution in [0.2, 0.25) is 0 Å². The molecule has 0 saturated carbocycles. The number of anilines is 1. The third kappa shape index (κ3) is 6.20. The number of nitrogens with zero attached hydrogens (tertiary/aromatic N) is 4. The molecule has 0 N–H and O–H groups in total. The Morgan fingerprint density at radius 1 is 1.17 bits per heavy atom. The third-order valence-electron chi connectivity index (χ3n) is 4.25. The number of carbonyl (C=O) groups is 2. The number of amides is 1. The predicted molar refractivity (Wildman–Crippen MR) is 110 cm³/mol. The van der Waals surface area contributed by atoms with Gasteiger partial charge >= 0.3 is 6.09 Å². The molecule has 1 heterocycles. The highest BCUT2D eigenvalue weighted by Crippen LogP contribution is 2.30. The van der Waals surface area contributed by atoms with Crippen LogP contribution >= 0.6 is 0 Å². The van der Waals surface area contributed by atoms with E-state index in [0.29, 0.717) is 31.9 Å². The molecule has 1 aliphatic heterocycles. The molecule has 29 heavy (non-hydrogen) atoms. The Morgan fingerprint density at radius 2 is 1.79 bits per heavy atom. The van der Waals surface area contributed by atoms with Gasteiger partial charge in [-0.3, -0.25) is 14.9 Å². The molecule has 9 heteroatoms. The van der Waals surface area contributed by atoms with Gasteiger partial charge in [0.15, 0.2) is 5.78 Å². The summed E-state index contributed by atoms with van der Waals surface area (Å²) in [5.41, 5.74) is -0.00566. The Hall–Kier alpha value is -3.10. The number of carbonyl (C=O) groups excluding carboxylic acids is 2. The van der Waals surface area contributed by atoms with Crippen molar-refractivity contribution in [1.29, 1.82) is 0 Å². The van der Waals surface area contributed by atoms with Crippen LogP contribution in [-0.2, 0) is 4.74 Å². The van der Waals surface area contributed by atoms with Crippen molar-refractivity contribution in [3.05, 3.63) is 46.2 Å². The quantitative estimate of drug-likeness (QED) is 0.322. The number of hydrogen-bond acceptors (Lipinski definition) is 7. The van der Waals surface area contributed by atoms with Gasteiger partial charge in [-0.2, -0.15) is 0 Å². The largest absolute Gasteiger partial charge is 0.444 e. The van der Waals surface area contributed by atoms with E-state index in [2.05, 4.69) is 0 Å². The molecule has 1 aliphatic rings. The third-order valence-corrected chi connectivity index (χ3v) is 4.25. The van der Waals surface area contributed by atoms with Crippen LogP contribution in [0, 0.1) is 10.1 Å². The summed E-state index contributed by atoms with van der Waals surface area (Å²) in [5.74, 6) is -0.303. The molecule has 1 saturated heterocycles. The normalized spacial score (nSPS) is 14.8. The molecular weight excluding hydrogens is 376 g/mol. The Labute approximate surface area is 170 Å². The van der Waals surface area contributed by atoms with Crippen molar-refractivity contribution in [1.82, 2.24) is 9.80 Å².